The van der Waals surface area contributed by atoms with Crippen LogP contribution in [0.4, 0.5) is 0 Å². The van der Waals surface area contributed by atoms with Crippen molar-refractivity contribution in [2.45, 2.75) is 88.3 Å². The summed E-state index contributed by atoms with van der Waals surface area (Å²) in [7, 11) is -3.78. The van der Waals surface area contributed by atoms with Gasteiger partial charge in [0.25, 0.3) is 10.1 Å². The normalized spacial score (nSPS) is 28.3. The molecular formula is C21H32O6S. The van der Waals surface area contributed by atoms with Crippen molar-refractivity contribution < 1.29 is 26.8 Å². The molecule has 1 aromatic carbocycles. The number of rotatable bonds is 9. The maximum atomic E-state index is 12.4. The molecule has 3 atom stereocenters. The molecule has 1 aromatic rings. The van der Waals surface area contributed by atoms with Crippen molar-refractivity contribution in [1.29, 1.82) is 0 Å². The van der Waals surface area contributed by atoms with Crippen LogP contribution < -0.4 is 0 Å². The molecule has 0 bridgehead atoms. The first kappa shape index (κ1) is 21.7. The Balaban J connectivity index is 1.45. The smallest absolute Gasteiger partial charge is 0.297 e. The van der Waals surface area contributed by atoms with E-state index >= 15 is 0 Å². The predicted octanol–water partition coefficient (Wildman–Crippen LogP) is 3.96. The highest BCUT2D eigenvalue weighted by molar-refractivity contribution is 7.86. The van der Waals surface area contributed by atoms with Gasteiger partial charge in [0.05, 0.1) is 23.2 Å². The first-order valence-electron chi connectivity index (χ1n) is 10.0. The summed E-state index contributed by atoms with van der Waals surface area (Å²) in [5, 5.41) is 0. The first-order valence-corrected chi connectivity index (χ1v) is 11.4. The zero-order chi connectivity index (χ0) is 20.4. The summed E-state index contributed by atoms with van der Waals surface area (Å²) >= 11 is 0. The van der Waals surface area contributed by atoms with E-state index in [1.54, 1.807) is 24.3 Å². The largest absolute Gasteiger partial charge is 0.364 e. The van der Waals surface area contributed by atoms with Crippen molar-refractivity contribution in [3.8, 4) is 0 Å². The lowest BCUT2D eigenvalue weighted by atomic mass is 9.97. The van der Waals surface area contributed by atoms with Crippen molar-refractivity contribution in [3.05, 3.63) is 29.8 Å². The molecule has 2 heterocycles. The number of hydrogen-bond acceptors (Lipinski definition) is 6. The fourth-order valence-electron chi connectivity index (χ4n) is 3.45. The maximum Gasteiger partial charge on any atom is 0.297 e. The molecule has 28 heavy (non-hydrogen) atoms. The third-order valence-electron chi connectivity index (χ3n) is 5.44. The van der Waals surface area contributed by atoms with Gasteiger partial charge in [-0.3, -0.25) is 4.18 Å². The minimum atomic E-state index is -3.78. The average molecular weight is 413 g/mol. The summed E-state index contributed by atoms with van der Waals surface area (Å²) in [6.45, 7) is 8.69. The van der Waals surface area contributed by atoms with Crippen LogP contribution in [0.15, 0.2) is 29.2 Å². The van der Waals surface area contributed by atoms with E-state index in [1.807, 2.05) is 13.8 Å². The maximum absolute atomic E-state index is 12.4. The minimum absolute atomic E-state index is 0.0148. The Morgan fingerprint density at radius 2 is 1.93 bits per heavy atom. The van der Waals surface area contributed by atoms with Crippen LogP contribution in [0.25, 0.3) is 0 Å². The molecule has 0 saturated carbocycles. The SMILES string of the molecule is Cc1ccc(S(=O)(=O)OC[C@]2(C)O[C@H]2CCC(C)(C)OC2CCCCO2)cc1. The number of hydrogen-bond donors (Lipinski definition) is 0. The lowest BCUT2D eigenvalue weighted by Gasteiger charge is -2.32. The lowest BCUT2D eigenvalue weighted by molar-refractivity contribution is -0.217. The van der Waals surface area contributed by atoms with E-state index in [0.29, 0.717) is 0 Å². The van der Waals surface area contributed by atoms with Crippen LogP contribution in [0.2, 0.25) is 0 Å². The third-order valence-corrected chi connectivity index (χ3v) is 6.72. The molecule has 0 aromatic heterocycles. The Morgan fingerprint density at radius 3 is 2.57 bits per heavy atom. The lowest BCUT2D eigenvalue weighted by Crippen LogP contribution is -2.34. The zero-order valence-corrected chi connectivity index (χ0v) is 18.1. The Labute approximate surface area is 168 Å². The Bertz CT molecular complexity index is 752. The molecule has 0 aliphatic carbocycles. The Kier molecular flexibility index (Phi) is 6.51. The fraction of sp³-hybridized carbons (Fsp3) is 0.714. The van der Waals surface area contributed by atoms with Crippen LogP contribution >= 0.6 is 0 Å². The van der Waals surface area contributed by atoms with Crippen LogP contribution in [0.3, 0.4) is 0 Å². The number of ether oxygens (including phenoxy) is 3. The fourth-order valence-corrected chi connectivity index (χ4v) is 4.44. The van der Waals surface area contributed by atoms with E-state index in [0.717, 1.165) is 44.3 Å². The summed E-state index contributed by atoms with van der Waals surface area (Å²) in [6, 6.07) is 6.63. The van der Waals surface area contributed by atoms with Gasteiger partial charge < -0.3 is 14.2 Å². The summed E-state index contributed by atoms with van der Waals surface area (Å²) in [5.41, 5.74) is 0.110. The summed E-state index contributed by atoms with van der Waals surface area (Å²) < 4.78 is 47.5. The summed E-state index contributed by atoms with van der Waals surface area (Å²) in [4.78, 5) is 0.168. The third kappa shape index (κ3) is 5.76. The summed E-state index contributed by atoms with van der Waals surface area (Å²) in [5.74, 6) is 0. The second-order valence-electron chi connectivity index (χ2n) is 8.66. The van der Waals surface area contributed by atoms with Gasteiger partial charge in [0.15, 0.2) is 6.29 Å². The number of aryl methyl sites for hydroxylation is 1. The van der Waals surface area contributed by atoms with Gasteiger partial charge in [-0.25, -0.2) is 0 Å². The van der Waals surface area contributed by atoms with Gasteiger partial charge in [-0.1, -0.05) is 17.7 Å². The van der Waals surface area contributed by atoms with Crippen molar-refractivity contribution in [3.63, 3.8) is 0 Å². The van der Waals surface area contributed by atoms with Crippen molar-refractivity contribution >= 4 is 10.1 Å². The average Bonchev–Trinajstić information content (AvgIpc) is 3.30. The van der Waals surface area contributed by atoms with Crippen LogP contribution in [-0.4, -0.2) is 45.2 Å². The molecule has 0 N–H and O–H groups in total. The van der Waals surface area contributed by atoms with Gasteiger partial charge in [0, 0.05) is 6.61 Å². The summed E-state index contributed by atoms with van der Waals surface area (Å²) in [6.07, 6.45) is 4.60. The highest BCUT2D eigenvalue weighted by Crippen LogP contribution is 2.41. The minimum Gasteiger partial charge on any atom is -0.364 e. The Hall–Kier alpha value is -0.990. The molecule has 2 saturated heterocycles. The second-order valence-corrected chi connectivity index (χ2v) is 10.3. The predicted molar refractivity (Wildman–Crippen MR) is 106 cm³/mol. The highest BCUT2D eigenvalue weighted by atomic mass is 32.2. The molecule has 3 rings (SSSR count). The van der Waals surface area contributed by atoms with Gasteiger partial charge in [-0.15, -0.1) is 0 Å². The van der Waals surface area contributed by atoms with E-state index in [4.69, 9.17) is 18.4 Å². The van der Waals surface area contributed by atoms with Crippen molar-refractivity contribution in [2.75, 3.05) is 13.2 Å². The number of epoxide rings is 1. The van der Waals surface area contributed by atoms with E-state index in [-0.39, 0.29) is 29.5 Å². The topological polar surface area (TPSA) is 74.4 Å². The van der Waals surface area contributed by atoms with Crippen LogP contribution in [0.1, 0.15) is 58.4 Å². The Morgan fingerprint density at radius 1 is 1.21 bits per heavy atom. The quantitative estimate of drug-likeness (QED) is 0.451. The van der Waals surface area contributed by atoms with E-state index < -0.39 is 15.7 Å². The molecule has 0 spiro atoms. The van der Waals surface area contributed by atoms with Crippen molar-refractivity contribution in [2.24, 2.45) is 0 Å². The highest BCUT2D eigenvalue weighted by Gasteiger charge is 2.53. The molecule has 7 heteroatoms. The van der Waals surface area contributed by atoms with Gasteiger partial charge in [0.1, 0.15) is 5.60 Å². The zero-order valence-electron chi connectivity index (χ0n) is 17.3. The molecule has 1 unspecified atom stereocenters. The van der Waals surface area contributed by atoms with Crippen LogP contribution in [0, 0.1) is 6.92 Å². The van der Waals surface area contributed by atoms with Crippen molar-refractivity contribution in [1.82, 2.24) is 0 Å². The van der Waals surface area contributed by atoms with Gasteiger partial charge >= 0.3 is 0 Å². The first-order chi connectivity index (χ1) is 13.1. The number of benzene rings is 1. The molecule has 6 nitrogen and oxygen atoms in total. The van der Waals surface area contributed by atoms with E-state index in [2.05, 4.69) is 13.8 Å². The van der Waals surface area contributed by atoms with E-state index in [1.165, 1.54) is 0 Å². The molecule has 2 aliphatic rings. The molecule has 0 radical (unpaired) electrons. The van der Waals surface area contributed by atoms with Gasteiger partial charge in [-0.05, 0) is 71.9 Å². The van der Waals surface area contributed by atoms with E-state index in [9.17, 15) is 8.42 Å². The standard InChI is InChI=1S/C21H32O6S/c1-16-8-10-17(11-9-16)28(22,23)25-15-21(4)18(26-21)12-13-20(2,3)27-19-7-5-6-14-24-19/h8-11,18-19H,5-7,12-15H2,1-4H3/t18-,19?,21-/m0/s1. The molecular weight excluding hydrogens is 380 g/mol. The van der Waals surface area contributed by atoms with Crippen LogP contribution in [-0.2, 0) is 28.5 Å². The second kappa shape index (κ2) is 8.40. The molecule has 2 fully saturated rings. The van der Waals surface area contributed by atoms with Crippen LogP contribution in [0.5, 0.6) is 0 Å². The molecule has 0 amide bonds. The monoisotopic (exact) mass is 412 g/mol. The molecule has 158 valence electrons. The molecule has 2 aliphatic heterocycles. The van der Waals surface area contributed by atoms with Gasteiger partial charge in [-0.2, -0.15) is 8.42 Å². The van der Waals surface area contributed by atoms with Gasteiger partial charge in [0.2, 0.25) is 0 Å².